The highest BCUT2D eigenvalue weighted by Crippen LogP contribution is 2.44. The number of carbonyl (C=O) groups excluding carboxylic acids is 2. The number of amides is 2. The van der Waals surface area contributed by atoms with Gasteiger partial charge in [0.05, 0.1) is 86.2 Å². The highest BCUT2D eigenvalue weighted by Gasteiger charge is 2.38. The van der Waals surface area contributed by atoms with Crippen LogP contribution in [0.5, 0.6) is 11.5 Å². The summed E-state index contributed by atoms with van der Waals surface area (Å²) in [5.41, 5.74) is 3.30. The van der Waals surface area contributed by atoms with E-state index in [4.69, 9.17) is 9.47 Å². The zero-order chi connectivity index (χ0) is 49.5. The number of halogens is 6. The first-order valence-electron chi connectivity index (χ1n) is 22.5. The molecule has 0 spiro atoms. The molecule has 2 aromatic carbocycles. The Morgan fingerprint density at radius 2 is 1.01 bits per heavy atom. The number of benzene rings is 2. The fourth-order valence-corrected chi connectivity index (χ4v) is 9.14. The number of aliphatic hydroxyl groups excluding tert-OH is 2. The summed E-state index contributed by atoms with van der Waals surface area (Å²) in [7, 11) is 0. The van der Waals surface area contributed by atoms with Gasteiger partial charge in [0.15, 0.2) is 22.9 Å². The first-order chi connectivity index (χ1) is 33.5. The zero-order valence-electron chi connectivity index (χ0n) is 38.1. The second kappa shape index (κ2) is 19.6. The largest absolute Gasteiger partial charge is 0.484 e. The number of fused-ring (bicyclic) bond motifs is 4. The second-order valence-electron chi connectivity index (χ2n) is 18.2. The smallest absolute Gasteiger partial charge is 0.261 e. The number of hydrogen-bond donors (Lipinski definition) is 4. The molecule has 0 saturated carbocycles. The maximum absolute atomic E-state index is 13.5. The predicted molar refractivity (Wildman–Crippen MR) is 244 cm³/mol. The third-order valence-electron chi connectivity index (χ3n) is 12.7. The van der Waals surface area contributed by atoms with Crippen LogP contribution in [0.25, 0.3) is 11.3 Å². The van der Waals surface area contributed by atoms with Crippen molar-refractivity contribution in [2.45, 2.75) is 50.7 Å². The van der Waals surface area contributed by atoms with E-state index in [0.717, 1.165) is 35.9 Å². The number of nitrogens with one attached hydrogen (secondary N) is 2. The van der Waals surface area contributed by atoms with Crippen LogP contribution in [0, 0.1) is 11.6 Å². The minimum absolute atomic E-state index is 0.171. The average molecular weight is 981 g/mol. The molecule has 4 aromatic heterocycles. The Morgan fingerprint density at radius 3 is 1.37 bits per heavy atom. The molecule has 4 aliphatic heterocycles. The Labute approximate surface area is 396 Å². The summed E-state index contributed by atoms with van der Waals surface area (Å²) in [6.45, 7) is 6.48. The van der Waals surface area contributed by atoms with Crippen molar-refractivity contribution in [3.63, 3.8) is 0 Å². The first kappa shape index (κ1) is 48.3. The molecule has 372 valence electrons. The molecule has 2 fully saturated rings. The molecule has 0 aliphatic carbocycles. The fourth-order valence-electron chi connectivity index (χ4n) is 9.14. The van der Waals surface area contributed by atoms with Crippen LogP contribution < -0.4 is 29.9 Å². The zero-order valence-corrected chi connectivity index (χ0v) is 38.1. The monoisotopic (exact) mass is 980 g/mol. The van der Waals surface area contributed by atoms with Gasteiger partial charge in [-0.1, -0.05) is 0 Å². The van der Waals surface area contributed by atoms with Gasteiger partial charge in [0.1, 0.15) is 33.8 Å². The van der Waals surface area contributed by atoms with Crippen LogP contribution in [-0.4, -0.2) is 164 Å². The highest BCUT2D eigenvalue weighted by molar-refractivity contribution is 6.10. The molecule has 4 aliphatic rings. The molecule has 0 bridgehead atoms. The molecule has 24 heteroatoms. The van der Waals surface area contributed by atoms with Gasteiger partial charge < -0.3 is 40.1 Å². The van der Waals surface area contributed by atoms with E-state index in [2.05, 4.69) is 30.8 Å². The minimum atomic E-state index is -2.39. The van der Waals surface area contributed by atoms with Crippen molar-refractivity contribution in [1.82, 2.24) is 39.0 Å². The van der Waals surface area contributed by atoms with E-state index in [0.29, 0.717) is 99.4 Å². The molecule has 2 saturated heterocycles. The number of rotatable bonds is 12. The highest BCUT2D eigenvalue weighted by atomic mass is 19.3. The quantitative estimate of drug-likeness (QED) is 0.126. The normalized spacial score (nSPS) is 20.3. The number of piperazine rings is 2. The van der Waals surface area contributed by atoms with Crippen LogP contribution in [0.3, 0.4) is 0 Å². The number of anilines is 4. The summed E-state index contributed by atoms with van der Waals surface area (Å²) in [5, 5.41) is 33.4. The lowest BCUT2D eigenvalue weighted by atomic mass is 9.99. The number of nitrogens with zero attached hydrogens (tertiary/aromatic N) is 10. The van der Waals surface area contributed by atoms with Crippen molar-refractivity contribution in [3.05, 3.63) is 95.3 Å². The Morgan fingerprint density at radius 1 is 0.629 bits per heavy atom. The van der Waals surface area contributed by atoms with Crippen molar-refractivity contribution in [2.75, 3.05) is 99.1 Å². The van der Waals surface area contributed by atoms with E-state index in [9.17, 15) is 46.1 Å². The Hall–Kier alpha value is -6.76. The van der Waals surface area contributed by atoms with Crippen LogP contribution in [0.2, 0.25) is 0 Å². The van der Waals surface area contributed by atoms with Crippen LogP contribution in [-0.2, 0) is 12.8 Å². The standard InChI is InChI=1S/2C23H25F3N6O3/c2*1-23(13-33)8-14-6-17(29-22(34)16-10-28-32-11-15(24)9-27-21(16)32)18(7-19(14)35-23)31-4-2-30(3-5-31)12-20(25)26/h2*6-7,9-11,20,33H,2-5,8,12-13H2,1H3,(H,29,34)/t2*23-/m10/s1. The number of aliphatic hydroxyl groups is 2. The van der Waals surface area contributed by atoms with Crippen molar-refractivity contribution < 1.29 is 55.6 Å². The third-order valence-corrected chi connectivity index (χ3v) is 12.7. The van der Waals surface area contributed by atoms with Crippen molar-refractivity contribution in [1.29, 1.82) is 0 Å². The van der Waals surface area contributed by atoms with Crippen molar-refractivity contribution >= 4 is 45.9 Å². The van der Waals surface area contributed by atoms with E-state index in [1.165, 1.54) is 21.4 Å². The van der Waals surface area contributed by atoms with Gasteiger partial charge in [-0.25, -0.2) is 45.3 Å². The molecule has 70 heavy (non-hydrogen) atoms. The van der Waals surface area contributed by atoms with Gasteiger partial charge in [-0.15, -0.1) is 0 Å². The van der Waals surface area contributed by atoms with Gasteiger partial charge in [-0.05, 0) is 26.0 Å². The van der Waals surface area contributed by atoms with Crippen LogP contribution in [0.1, 0.15) is 45.7 Å². The molecule has 0 radical (unpaired) electrons. The topological polar surface area (TPSA) is 190 Å². The number of alkyl halides is 4. The first-order valence-corrected chi connectivity index (χ1v) is 22.5. The molecule has 8 heterocycles. The summed E-state index contributed by atoms with van der Waals surface area (Å²) in [6, 6.07) is 7.26. The van der Waals surface area contributed by atoms with Crippen LogP contribution in [0.15, 0.2) is 61.4 Å². The van der Waals surface area contributed by atoms with Gasteiger partial charge in [-0.2, -0.15) is 10.2 Å². The van der Waals surface area contributed by atoms with Gasteiger partial charge >= 0.3 is 0 Å². The Kier molecular flexibility index (Phi) is 13.5. The fraction of sp³-hybridized carbons (Fsp3) is 0.435. The molecular formula is C46H50F6N12O6. The Bertz CT molecular complexity index is 2720. The SMILES string of the molecule is C[C@@]1(CO)Cc2cc(NC(=O)c3cnn4cc(F)cnc34)c(N3CCN(CC(F)F)CC3)cc2O1.C[C@]1(CO)Cc2cc(NC(=O)c3cnn4cc(F)cnc34)c(N3CCN(CC(F)F)CC3)cc2O1. The summed E-state index contributed by atoms with van der Waals surface area (Å²) < 4.78 is 92.5. The van der Waals surface area contributed by atoms with E-state index in [1.807, 2.05) is 34.1 Å². The lowest BCUT2D eigenvalue weighted by Crippen LogP contribution is -2.48. The summed E-state index contributed by atoms with van der Waals surface area (Å²) in [4.78, 5) is 41.8. The van der Waals surface area contributed by atoms with E-state index in [1.54, 1.807) is 23.6 Å². The van der Waals surface area contributed by atoms with Gasteiger partial charge in [0.25, 0.3) is 24.7 Å². The average Bonchev–Trinajstić information content (AvgIpc) is 4.11. The molecule has 4 N–H and O–H groups in total. The van der Waals surface area contributed by atoms with Crippen LogP contribution in [0.4, 0.5) is 49.1 Å². The van der Waals surface area contributed by atoms with Gasteiger partial charge in [-0.3, -0.25) is 19.4 Å². The number of aromatic nitrogens is 6. The lowest BCUT2D eigenvalue weighted by Gasteiger charge is -2.37. The summed E-state index contributed by atoms with van der Waals surface area (Å²) in [6.07, 6.45) is 3.06. The van der Waals surface area contributed by atoms with Crippen molar-refractivity contribution in [2.24, 2.45) is 0 Å². The van der Waals surface area contributed by atoms with E-state index < -0.39 is 47.5 Å². The molecule has 10 rings (SSSR count). The summed E-state index contributed by atoms with van der Waals surface area (Å²) in [5.74, 6) is -0.880. The van der Waals surface area contributed by atoms with Gasteiger partial charge in [0, 0.05) is 88.5 Å². The number of ether oxygens (including phenoxy) is 2. The molecule has 18 nitrogen and oxygen atoms in total. The maximum Gasteiger partial charge on any atom is 0.261 e. The molecular weight excluding hydrogens is 931 g/mol. The molecule has 2 atom stereocenters. The van der Waals surface area contributed by atoms with Crippen LogP contribution >= 0.6 is 0 Å². The second-order valence-corrected chi connectivity index (χ2v) is 18.2. The predicted octanol–water partition coefficient (Wildman–Crippen LogP) is 4.39. The molecule has 6 aromatic rings. The van der Waals surface area contributed by atoms with Crippen molar-refractivity contribution in [3.8, 4) is 11.5 Å². The maximum atomic E-state index is 13.5. The number of carbonyl (C=O) groups is 2. The lowest BCUT2D eigenvalue weighted by molar-refractivity contribution is 0.0446. The Balaban J connectivity index is 0.000000174. The van der Waals surface area contributed by atoms with E-state index >= 15 is 0 Å². The van der Waals surface area contributed by atoms with E-state index in [-0.39, 0.29) is 48.7 Å². The minimum Gasteiger partial charge on any atom is -0.484 e. The van der Waals surface area contributed by atoms with Gasteiger partial charge in [0.2, 0.25) is 0 Å². The summed E-state index contributed by atoms with van der Waals surface area (Å²) >= 11 is 0. The molecule has 2 amide bonds. The number of hydrogen-bond acceptors (Lipinski definition) is 14. The molecule has 0 unspecified atom stereocenters. The third kappa shape index (κ3) is 10.3.